The lowest BCUT2D eigenvalue weighted by Crippen LogP contribution is -2.43. The molecule has 0 radical (unpaired) electrons. The van der Waals surface area contributed by atoms with Crippen LogP contribution in [0.3, 0.4) is 0 Å². The Hall–Kier alpha value is -2.04. The summed E-state index contributed by atoms with van der Waals surface area (Å²) in [6, 6.07) is 6.69. The Morgan fingerprint density at radius 1 is 1.24 bits per heavy atom. The van der Waals surface area contributed by atoms with Crippen molar-refractivity contribution in [3.05, 3.63) is 29.8 Å². The van der Waals surface area contributed by atoms with E-state index in [0.29, 0.717) is 0 Å². The number of carbonyl (C=O) groups excluding carboxylic acids is 2. The van der Waals surface area contributed by atoms with Gasteiger partial charge in [-0.05, 0) is 30.5 Å². The number of aromatic hydroxyl groups is 1. The molecular formula is C16H21NO4. The van der Waals surface area contributed by atoms with E-state index in [4.69, 9.17) is 4.74 Å². The van der Waals surface area contributed by atoms with Crippen LogP contribution in [0.1, 0.15) is 31.2 Å². The van der Waals surface area contributed by atoms with Crippen LogP contribution in [0.4, 0.5) is 0 Å². The molecule has 1 N–H and O–H groups in total. The molecule has 5 nitrogen and oxygen atoms in total. The minimum absolute atomic E-state index is 0.0120. The van der Waals surface area contributed by atoms with E-state index in [-0.39, 0.29) is 36.6 Å². The Kier molecular flexibility index (Phi) is 5.20. The van der Waals surface area contributed by atoms with Gasteiger partial charge in [-0.1, -0.05) is 25.0 Å². The Balaban J connectivity index is 2.05. The molecular weight excluding hydrogens is 270 g/mol. The number of ether oxygens (including phenoxy) is 1. The maximum absolute atomic E-state index is 12.5. The lowest BCUT2D eigenvalue weighted by molar-refractivity contribution is -0.148. The summed E-state index contributed by atoms with van der Waals surface area (Å²) < 4.78 is 4.69. The Bertz CT molecular complexity index is 492. The number of esters is 1. The zero-order chi connectivity index (χ0) is 15.2. The van der Waals surface area contributed by atoms with E-state index >= 15 is 0 Å². The summed E-state index contributed by atoms with van der Waals surface area (Å²) >= 11 is 0. The largest absolute Gasteiger partial charge is 0.508 e. The van der Waals surface area contributed by atoms with Crippen LogP contribution in [0.2, 0.25) is 0 Å². The molecule has 1 aromatic rings. The molecule has 114 valence electrons. The van der Waals surface area contributed by atoms with Crippen LogP contribution in [0, 0.1) is 0 Å². The summed E-state index contributed by atoms with van der Waals surface area (Å²) in [6.07, 6.45) is 4.30. The van der Waals surface area contributed by atoms with E-state index in [9.17, 15) is 14.7 Å². The molecule has 0 aliphatic heterocycles. The van der Waals surface area contributed by atoms with Crippen molar-refractivity contribution in [3.63, 3.8) is 0 Å². The van der Waals surface area contributed by atoms with Gasteiger partial charge in [0.25, 0.3) is 0 Å². The van der Waals surface area contributed by atoms with Gasteiger partial charge in [0.15, 0.2) is 0 Å². The van der Waals surface area contributed by atoms with Crippen LogP contribution >= 0.6 is 0 Å². The first-order chi connectivity index (χ1) is 10.1. The first kappa shape index (κ1) is 15.4. The van der Waals surface area contributed by atoms with Gasteiger partial charge >= 0.3 is 5.97 Å². The quantitative estimate of drug-likeness (QED) is 0.841. The lowest BCUT2D eigenvalue weighted by Gasteiger charge is -2.28. The topological polar surface area (TPSA) is 66.8 Å². The van der Waals surface area contributed by atoms with Crippen LogP contribution in [-0.2, 0) is 20.7 Å². The number of rotatable bonds is 5. The van der Waals surface area contributed by atoms with Crippen molar-refractivity contribution in [2.24, 2.45) is 0 Å². The van der Waals surface area contributed by atoms with Crippen molar-refractivity contribution in [3.8, 4) is 5.75 Å². The maximum atomic E-state index is 12.5. The number of phenols is 1. The third-order valence-corrected chi connectivity index (χ3v) is 3.90. The molecule has 0 atom stereocenters. The van der Waals surface area contributed by atoms with Crippen molar-refractivity contribution in [1.82, 2.24) is 4.90 Å². The molecule has 0 unspecified atom stereocenters. The lowest BCUT2D eigenvalue weighted by atomic mass is 10.1. The molecule has 1 aliphatic carbocycles. The smallest absolute Gasteiger partial charge is 0.325 e. The maximum Gasteiger partial charge on any atom is 0.325 e. The molecule has 1 aromatic carbocycles. The molecule has 0 heterocycles. The minimum Gasteiger partial charge on any atom is -0.508 e. The van der Waals surface area contributed by atoms with Crippen molar-refractivity contribution < 1.29 is 19.4 Å². The molecule has 21 heavy (non-hydrogen) atoms. The molecule has 0 saturated heterocycles. The van der Waals surface area contributed by atoms with E-state index in [0.717, 1.165) is 31.2 Å². The van der Waals surface area contributed by atoms with Gasteiger partial charge in [-0.25, -0.2) is 0 Å². The number of hydrogen-bond acceptors (Lipinski definition) is 4. The average molecular weight is 291 g/mol. The fourth-order valence-corrected chi connectivity index (χ4v) is 2.73. The summed E-state index contributed by atoms with van der Waals surface area (Å²) in [6.45, 7) is 0.0120. The number of nitrogens with zero attached hydrogens (tertiary/aromatic N) is 1. The summed E-state index contributed by atoms with van der Waals surface area (Å²) in [5.74, 6) is -0.285. The van der Waals surface area contributed by atoms with E-state index < -0.39 is 0 Å². The standard InChI is InChI=1S/C16H21NO4/c1-21-16(20)11-17(13-4-2-3-5-13)15(19)10-12-6-8-14(18)9-7-12/h6-9,13,18H,2-5,10-11H2,1H3. The fourth-order valence-electron chi connectivity index (χ4n) is 2.73. The van der Waals surface area contributed by atoms with Crippen LogP contribution in [0.5, 0.6) is 5.75 Å². The highest BCUT2D eigenvalue weighted by Crippen LogP contribution is 2.24. The second-order valence-corrected chi connectivity index (χ2v) is 5.38. The average Bonchev–Trinajstić information content (AvgIpc) is 3.00. The Labute approximate surface area is 124 Å². The van der Waals surface area contributed by atoms with Gasteiger partial charge in [-0.2, -0.15) is 0 Å². The predicted octanol–water partition coefficient (Wildman–Crippen LogP) is 1.88. The van der Waals surface area contributed by atoms with Gasteiger partial charge in [0.1, 0.15) is 12.3 Å². The number of benzene rings is 1. The molecule has 1 amide bonds. The molecule has 5 heteroatoms. The molecule has 1 fully saturated rings. The van der Waals surface area contributed by atoms with Gasteiger partial charge in [-0.15, -0.1) is 0 Å². The minimum atomic E-state index is -0.388. The predicted molar refractivity (Wildman–Crippen MR) is 77.8 cm³/mol. The molecule has 0 spiro atoms. The van der Waals surface area contributed by atoms with Crippen LogP contribution < -0.4 is 0 Å². The second kappa shape index (κ2) is 7.11. The van der Waals surface area contributed by atoms with Crippen molar-refractivity contribution >= 4 is 11.9 Å². The van der Waals surface area contributed by atoms with Crippen LogP contribution in [-0.4, -0.2) is 41.6 Å². The van der Waals surface area contributed by atoms with Crippen LogP contribution in [0.25, 0.3) is 0 Å². The fraction of sp³-hybridized carbons (Fsp3) is 0.500. The summed E-state index contributed by atoms with van der Waals surface area (Å²) in [5.41, 5.74) is 0.825. The summed E-state index contributed by atoms with van der Waals surface area (Å²) in [5, 5.41) is 9.27. The number of phenolic OH excluding ortho intramolecular Hbond substituents is 1. The summed E-state index contributed by atoms with van der Waals surface area (Å²) in [7, 11) is 1.33. The van der Waals surface area contributed by atoms with E-state index in [2.05, 4.69) is 0 Å². The monoisotopic (exact) mass is 291 g/mol. The highest BCUT2D eigenvalue weighted by molar-refractivity contribution is 5.84. The second-order valence-electron chi connectivity index (χ2n) is 5.38. The highest BCUT2D eigenvalue weighted by atomic mass is 16.5. The molecule has 1 saturated carbocycles. The van der Waals surface area contributed by atoms with Gasteiger partial charge in [0.05, 0.1) is 13.5 Å². The third kappa shape index (κ3) is 4.21. The van der Waals surface area contributed by atoms with Crippen LogP contribution in [0.15, 0.2) is 24.3 Å². The molecule has 0 bridgehead atoms. The third-order valence-electron chi connectivity index (χ3n) is 3.90. The van der Waals surface area contributed by atoms with E-state index in [1.54, 1.807) is 29.2 Å². The highest BCUT2D eigenvalue weighted by Gasteiger charge is 2.28. The first-order valence-electron chi connectivity index (χ1n) is 7.24. The number of amides is 1. The number of carbonyl (C=O) groups is 2. The summed E-state index contributed by atoms with van der Waals surface area (Å²) in [4.78, 5) is 25.7. The molecule has 0 aromatic heterocycles. The normalized spacial score (nSPS) is 14.9. The van der Waals surface area contributed by atoms with Gasteiger partial charge in [0.2, 0.25) is 5.91 Å². The number of hydrogen-bond donors (Lipinski definition) is 1. The van der Waals surface area contributed by atoms with Gasteiger partial charge in [-0.3, -0.25) is 9.59 Å². The SMILES string of the molecule is COC(=O)CN(C(=O)Cc1ccc(O)cc1)C1CCCC1. The number of methoxy groups -OCH3 is 1. The van der Waals surface area contributed by atoms with Crippen molar-refractivity contribution in [1.29, 1.82) is 0 Å². The van der Waals surface area contributed by atoms with Gasteiger partial charge < -0.3 is 14.7 Å². The first-order valence-corrected chi connectivity index (χ1v) is 7.24. The Morgan fingerprint density at radius 3 is 2.43 bits per heavy atom. The van der Waals surface area contributed by atoms with Crippen molar-refractivity contribution in [2.45, 2.75) is 38.1 Å². The zero-order valence-electron chi connectivity index (χ0n) is 12.2. The van der Waals surface area contributed by atoms with Crippen molar-refractivity contribution in [2.75, 3.05) is 13.7 Å². The Morgan fingerprint density at radius 2 is 1.86 bits per heavy atom. The molecule has 2 rings (SSSR count). The zero-order valence-corrected chi connectivity index (χ0v) is 12.2. The van der Waals surface area contributed by atoms with E-state index in [1.165, 1.54) is 7.11 Å². The molecule has 1 aliphatic rings. The van der Waals surface area contributed by atoms with Gasteiger partial charge in [0, 0.05) is 6.04 Å². The van der Waals surface area contributed by atoms with E-state index in [1.807, 2.05) is 0 Å².